The lowest BCUT2D eigenvalue weighted by atomic mass is 9.89. The van der Waals surface area contributed by atoms with Gasteiger partial charge in [0.25, 0.3) is 0 Å². The fourth-order valence-corrected chi connectivity index (χ4v) is 5.05. The molecule has 0 amide bonds. The van der Waals surface area contributed by atoms with E-state index in [-0.39, 0.29) is 24.0 Å². The summed E-state index contributed by atoms with van der Waals surface area (Å²) in [5.74, 6) is -0.0424. The maximum absolute atomic E-state index is 12.4. The Morgan fingerprint density at radius 1 is 1.16 bits per heavy atom. The molecular formula is C28H36O4. The van der Waals surface area contributed by atoms with E-state index in [1.807, 2.05) is 24.3 Å². The molecule has 0 bridgehead atoms. The molecule has 4 heteroatoms. The van der Waals surface area contributed by atoms with Crippen molar-refractivity contribution in [2.24, 2.45) is 17.8 Å². The Balaban J connectivity index is 1.40. The van der Waals surface area contributed by atoms with E-state index in [2.05, 4.69) is 30.8 Å². The molecule has 32 heavy (non-hydrogen) atoms. The number of allylic oxidation sites excluding steroid dienone is 4. The van der Waals surface area contributed by atoms with Gasteiger partial charge in [0, 0.05) is 24.7 Å². The number of carboxylic acids is 1. The number of carbonyl (C=O) groups is 2. The van der Waals surface area contributed by atoms with Crippen LogP contribution in [0, 0.1) is 17.8 Å². The standard InChI is InChI=1S/C28H36O4/c1-20-17-27(30)26(13-4-2-3-5-14-28(31)32)25(20)16-15-24(29)12-8-9-21-18-22-10-6-7-11-23(22)19-21/h2,4,6-7,10-11,15-16,21,24-26,29H,1,3,5,8-9,12-14,17-19H2,(H,31,32)/t24-,25-,26+/m0/s1. The van der Waals surface area contributed by atoms with Crippen molar-refractivity contribution < 1.29 is 19.8 Å². The topological polar surface area (TPSA) is 74.6 Å². The van der Waals surface area contributed by atoms with Crippen molar-refractivity contribution >= 4 is 11.8 Å². The molecule has 3 rings (SSSR count). The minimum absolute atomic E-state index is 0.0230. The Morgan fingerprint density at radius 3 is 2.56 bits per heavy atom. The molecule has 1 fully saturated rings. The second-order valence-corrected chi connectivity index (χ2v) is 9.35. The number of carboxylic acid groups (broad SMARTS) is 1. The van der Waals surface area contributed by atoms with Crippen LogP contribution in [0.2, 0.25) is 0 Å². The molecule has 0 unspecified atom stereocenters. The zero-order chi connectivity index (χ0) is 22.9. The van der Waals surface area contributed by atoms with Crippen LogP contribution >= 0.6 is 0 Å². The van der Waals surface area contributed by atoms with Crippen LogP contribution in [0.5, 0.6) is 0 Å². The summed E-state index contributed by atoms with van der Waals surface area (Å²) in [6.45, 7) is 4.08. The van der Waals surface area contributed by atoms with E-state index in [1.165, 1.54) is 11.1 Å². The van der Waals surface area contributed by atoms with E-state index in [4.69, 9.17) is 5.11 Å². The normalized spacial score (nSPS) is 22.3. The lowest BCUT2D eigenvalue weighted by Crippen LogP contribution is -2.13. The predicted octanol–water partition coefficient (Wildman–Crippen LogP) is 5.45. The van der Waals surface area contributed by atoms with Crippen molar-refractivity contribution in [3.05, 3.63) is 71.8 Å². The quantitative estimate of drug-likeness (QED) is 0.337. The van der Waals surface area contributed by atoms with Gasteiger partial charge in [0.15, 0.2) is 0 Å². The molecular weight excluding hydrogens is 400 g/mol. The third kappa shape index (κ3) is 7.03. The summed E-state index contributed by atoms with van der Waals surface area (Å²) in [7, 11) is 0. The molecule has 172 valence electrons. The van der Waals surface area contributed by atoms with Crippen molar-refractivity contribution in [1.29, 1.82) is 0 Å². The molecule has 0 spiro atoms. The average molecular weight is 437 g/mol. The third-order valence-corrected chi connectivity index (χ3v) is 6.83. The number of ketones is 1. The monoisotopic (exact) mass is 436 g/mol. The molecule has 2 N–H and O–H groups in total. The highest BCUT2D eigenvalue weighted by atomic mass is 16.4. The van der Waals surface area contributed by atoms with E-state index < -0.39 is 12.1 Å². The predicted molar refractivity (Wildman–Crippen MR) is 127 cm³/mol. The molecule has 0 heterocycles. The summed E-state index contributed by atoms with van der Waals surface area (Å²) >= 11 is 0. The summed E-state index contributed by atoms with van der Waals surface area (Å²) in [6.07, 6.45) is 15.0. The van der Waals surface area contributed by atoms with Crippen LogP contribution in [0.1, 0.15) is 62.5 Å². The molecule has 0 saturated heterocycles. The highest BCUT2D eigenvalue weighted by Gasteiger charge is 2.34. The van der Waals surface area contributed by atoms with Crippen LogP contribution in [0.25, 0.3) is 0 Å². The van der Waals surface area contributed by atoms with Crippen LogP contribution in [0.15, 0.2) is 60.7 Å². The molecule has 2 aliphatic carbocycles. The smallest absolute Gasteiger partial charge is 0.303 e. The Labute approximate surface area is 191 Å². The fourth-order valence-electron chi connectivity index (χ4n) is 5.05. The molecule has 0 aliphatic heterocycles. The number of unbranched alkanes of at least 4 members (excludes halogenated alkanes) is 1. The van der Waals surface area contributed by atoms with Crippen LogP contribution in [0.3, 0.4) is 0 Å². The Morgan fingerprint density at radius 2 is 1.88 bits per heavy atom. The SMILES string of the molecule is C=C1CC(=O)[C@H](CC=CCCCC(=O)O)[C@H]1C=C[C@@H](O)CCCC1Cc2ccccc2C1. The third-order valence-electron chi connectivity index (χ3n) is 6.83. The van der Waals surface area contributed by atoms with Crippen molar-refractivity contribution in [2.75, 3.05) is 0 Å². The van der Waals surface area contributed by atoms with Gasteiger partial charge in [-0.3, -0.25) is 9.59 Å². The van der Waals surface area contributed by atoms with Crippen LogP contribution in [-0.4, -0.2) is 28.1 Å². The summed E-state index contributed by atoms with van der Waals surface area (Å²) in [6, 6.07) is 8.68. The number of fused-ring (bicyclic) bond motifs is 1. The van der Waals surface area contributed by atoms with Gasteiger partial charge < -0.3 is 10.2 Å². The fraction of sp³-hybridized carbons (Fsp3) is 0.500. The maximum Gasteiger partial charge on any atom is 0.303 e. The first kappa shape index (κ1) is 24.2. The Bertz CT molecular complexity index is 841. The van der Waals surface area contributed by atoms with E-state index in [0.717, 1.165) is 37.7 Å². The number of aliphatic hydroxyl groups is 1. The molecule has 0 aromatic heterocycles. The number of hydrogen-bond donors (Lipinski definition) is 2. The Kier molecular flexibility index (Phi) is 9.04. The first-order chi connectivity index (χ1) is 15.4. The van der Waals surface area contributed by atoms with Gasteiger partial charge >= 0.3 is 5.97 Å². The number of carbonyl (C=O) groups excluding carboxylic acids is 1. The lowest BCUT2D eigenvalue weighted by Gasteiger charge is -2.15. The van der Waals surface area contributed by atoms with Gasteiger partial charge in [-0.05, 0) is 62.0 Å². The largest absolute Gasteiger partial charge is 0.481 e. The number of Topliss-reactive ketones (excluding diaryl/α,β-unsaturated/α-hetero) is 1. The lowest BCUT2D eigenvalue weighted by molar-refractivity contribution is -0.137. The van der Waals surface area contributed by atoms with Crippen molar-refractivity contribution in [3.63, 3.8) is 0 Å². The first-order valence-electron chi connectivity index (χ1n) is 11.9. The van der Waals surface area contributed by atoms with Crippen LogP contribution in [0.4, 0.5) is 0 Å². The summed E-state index contributed by atoms with van der Waals surface area (Å²) in [5, 5.41) is 19.1. The minimum atomic E-state index is -0.780. The zero-order valence-electron chi connectivity index (χ0n) is 18.9. The number of rotatable bonds is 12. The molecule has 0 radical (unpaired) electrons. The number of benzene rings is 1. The number of hydrogen-bond acceptors (Lipinski definition) is 3. The van der Waals surface area contributed by atoms with Gasteiger partial charge in [0.1, 0.15) is 5.78 Å². The zero-order valence-corrected chi connectivity index (χ0v) is 18.9. The summed E-state index contributed by atoms with van der Waals surface area (Å²) in [4.78, 5) is 23.0. The van der Waals surface area contributed by atoms with Crippen molar-refractivity contribution in [2.45, 2.75) is 70.3 Å². The highest BCUT2D eigenvalue weighted by molar-refractivity contribution is 5.87. The summed E-state index contributed by atoms with van der Waals surface area (Å²) < 4.78 is 0. The van der Waals surface area contributed by atoms with Crippen LogP contribution in [-0.2, 0) is 22.4 Å². The highest BCUT2D eigenvalue weighted by Crippen LogP contribution is 2.36. The second-order valence-electron chi connectivity index (χ2n) is 9.35. The molecule has 4 nitrogen and oxygen atoms in total. The van der Waals surface area contributed by atoms with E-state index in [9.17, 15) is 14.7 Å². The molecule has 1 aromatic carbocycles. The Hall–Kier alpha value is -2.46. The van der Waals surface area contributed by atoms with Crippen molar-refractivity contribution in [1.82, 2.24) is 0 Å². The van der Waals surface area contributed by atoms with Crippen molar-refractivity contribution in [3.8, 4) is 0 Å². The minimum Gasteiger partial charge on any atom is -0.481 e. The number of aliphatic hydroxyl groups excluding tert-OH is 1. The van der Waals surface area contributed by atoms with E-state index in [1.54, 1.807) is 0 Å². The number of aliphatic carboxylic acids is 1. The van der Waals surface area contributed by atoms with E-state index >= 15 is 0 Å². The second kappa shape index (κ2) is 12.0. The van der Waals surface area contributed by atoms with Gasteiger partial charge in [-0.15, -0.1) is 0 Å². The molecule has 1 saturated carbocycles. The summed E-state index contributed by atoms with van der Waals surface area (Å²) in [5.41, 5.74) is 3.88. The van der Waals surface area contributed by atoms with E-state index in [0.29, 0.717) is 31.6 Å². The van der Waals surface area contributed by atoms with Gasteiger partial charge in [0.05, 0.1) is 6.10 Å². The maximum atomic E-state index is 12.4. The first-order valence-corrected chi connectivity index (χ1v) is 11.9. The molecule has 1 aromatic rings. The van der Waals surface area contributed by atoms with Gasteiger partial charge in [0.2, 0.25) is 0 Å². The molecule has 3 atom stereocenters. The molecule has 2 aliphatic rings. The average Bonchev–Trinajstić information content (AvgIpc) is 3.28. The van der Waals surface area contributed by atoms with Gasteiger partial charge in [-0.25, -0.2) is 0 Å². The van der Waals surface area contributed by atoms with Gasteiger partial charge in [-0.2, -0.15) is 0 Å². The van der Waals surface area contributed by atoms with Gasteiger partial charge in [-0.1, -0.05) is 67.1 Å². The van der Waals surface area contributed by atoms with Crippen LogP contribution < -0.4 is 0 Å².